The summed E-state index contributed by atoms with van der Waals surface area (Å²) in [5, 5.41) is 6.09. The van der Waals surface area contributed by atoms with Crippen molar-refractivity contribution in [3.63, 3.8) is 0 Å². The molecule has 146 valence electrons. The SMILES string of the molecule is COC(=O)CNC(=O)Cc1ccc(NC(=O)C2CC2c2ccc(Cl)cc2)cc1. The van der Waals surface area contributed by atoms with E-state index < -0.39 is 5.97 Å². The van der Waals surface area contributed by atoms with Crippen LogP contribution in [-0.4, -0.2) is 31.4 Å². The number of rotatable bonds is 7. The van der Waals surface area contributed by atoms with Crippen molar-refractivity contribution < 1.29 is 19.1 Å². The van der Waals surface area contributed by atoms with Crippen LogP contribution in [0.15, 0.2) is 48.5 Å². The average molecular weight is 401 g/mol. The Morgan fingerprint density at radius 1 is 1.07 bits per heavy atom. The van der Waals surface area contributed by atoms with Gasteiger partial charge in [0.25, 0.3) is 0 Å². The fourth-order valence-electron chi connectivity index (χ4n) is 2.99. The second-order valence-corrected chi connectivity index (χ2v) is 7.15. The number of esters is 1. The molecule has 28 heavy (non-hydrogen) atoms. The molecule has 1 saturated carbocycles. The van der Waals surface area contributed by atoms with E-state index in [4.69, 9.17) is 11.6 Å². The molecule has 2 aromatic rings. The highest BCUT2D eigenvalue weighted by Gasteiger charge is 2.43. The molecule has 0 spiro atoms. The number of nitrogens with one attached hydrogen (secondary N) is 2. The maximum Gasteiger partial charge on any atom is 0.325 e. The van der Waals surface area contributed by atoms with Gasteiger partial charge in [0.1, 0.15) is 6.54 Å². The van der Waals surface area contributed by atoms with E-state index in [2.05, 4.69) is 15.4 Å². The van der Waals surface area contributed by atoms with Gasteiger partial charge < -0.3 is 15.4 Å². The summed E-state index contributed by atoms with van der Waals surface area (Å²) in [5.41, 5.74) is 2.59. The van der Waals surface area contributed by atoms with E-state index in [-0.39, 0.29) is 36.6 Å². The largest absolute Gasteiger partial charge is 0.468 e. The monoisotopic (exact) mass is 400 g/mol. The van der Waals surface area contributed by atoms with Crippen LogP contribution in [0.25, 0.3) is 0 Å². The first-order valence-electron chi connectivity index (χ1n) is 8.95. The Morgan fingerprint density at radius 3 is 2.39 bits per heavy atom. The van der Waals surface area contributed by atoms with Crippen LogP contribution in [0.2, 0.25) is 5.02 Å². The van der Waals surface area contributed by atoms with Gasteiger partial charge in [-0.05, 0) is 47.7 Å². The lowest BCUT2D eigenvalue weighted by molar-refractivity contribution is -0.141. The Kier molecular flexibility index (Phi) is 6.31. The summed E-state index contributed by atoms with van der Waals surface area (Å²) in [5.74, 6) is -0.585. The van der Waals surface area contributed by atoms with E-state index in [1.807, 2.05) is 24.3 Å². The zero-order valence-corrected chi connectivity index (χ0v) is 16.2. The second kappa shape index (κ2) is 8.89. The van der Waals surface area contributed by atoms with Crippen LogP contribution in [0, 0.1) is 5.92 Å². The topological polar surface area (TPSA) is 84.5 Å². The Balaban J connectivity index is 1.48. The van der Waals surface area contributed by atoms with Crippen molar-refractivity contribution in [3.8, 4) is 0 Å². The lowest BCUT2D eigenvalue weighted by atomic mass is 10.1. The first-order chi connectivity index (χ1) is 13.5. The molecule has 7 heteroatoms. The highest BCUT2D eigenvalue weighted by atomic mass is 35.5. The van der Waals surface area contributed by atoms with Crippen LogP contribution < -0.4 is 10.6 Å². The number of ether oxygens (including phenoxy) is 1. The number of anilines is 1. The van der Waals surface area contributed by atoms with Crippen LogP contribution in [0.4, 0.5) is 5.69 Å². The third-order valence-electron chi connectivity index (χ3n) is 4.67. The highest BCUT2D eigenvalue weighted by Crippen LogP contribution is 2.48. The number of amides is 2. The summed E-state index contributed by atoms with van der Waals surface area (Å²) in [6.07, 6.45) is 0.971. The maximum absolute atomic E-state index is 12.4. The van der Waals surface area contributed by atoms with E-state index in [1.165, 1.54) is 7.11 Å². The average Bonchev–Trinajstić information content (AvgIpc) is 3.49. The van der Waals surface area contributed by atoms with E-state index in [9.17, 15) is 14.4 Å². The van der Waals surface area contributed by atoms with Gasteiger partial charge in [0.2, 0.25) is 11.8 Å². The summed E-state index contributed by atoms with van der Waals surface area (Å²) in [7, 11) is 1.26. The Morgan fingerprint density at radius 2 is 1.75 bits per heavy atom. The van der Waals surface area contributed by atoms with Gasteiger partial charge in [0.15, 0.2) is 0 Å². The molecule has 1 aliphatic rings. The molecule has 2 N–H and O–H groups in total. The van der Waals surface area contributed by atoms with Gasteiger partial charge in [0.05, 0.1) is 13.5 Å². The minimum atomic E-state index is -0.497. The first-order valence-corrected chi connectivity index (χ1v) is 9.33. The summed E-state index contributed by atoms with van der Waals surface area (Å²) < 4.78 is 4.47. The van der Waals surface area contributed by atoms with Gasteiger partial charge in [-0.3, -0.25) is 14.4 Å². The minimum absolute atomic E-state index is 0.0106. The minimum Gasteiger partial charge on any atom is -0.468 e. The molecule has 2 atom stereocenters. The lowest BCUT2D eigenvalue weighted by Crippen LogP contribution is -2.31. The van der Waals surface area contributed by atoms with Crippen molar-refractivity contribution in [3.05, 3.63) is 64.7 Å². The van der Waals surface area contributed by atoms with Crippen molar-refractivity contribution in [2.24, 2.45) is 5.92 Å². The summed E-state index contributed by atoms with van der Waals surface area (Å²) >= 11 is 5.90. The van der Waals surface area contributed by atoms with Crippen molar-refractivity contribution in [1.82, 2.24) is 5.32 Å². The molecule has 3 rings (SSSR count). The van der Waals surface area contributed by atoms with Crippen LogP contribution in [0.5, 0.6) is 0 Å². The van der Waals surface area contributed by atoms with Crippen molar-refractivity contribution in [2.45, 2.75) is 18.8 Å². The predicted octanol–water partition coefficient (Wildman–Crippen LogP) is 2.91. The highest BCUT2D eigenvalue weighted by molar-refractivity contribution is 6.30. The van der Waals surface area contributed by atoms with Crippen molar-refractivity contribution in [1.29, 1.82) is 0 Å². The van der Waals surface area contributed by atoms with Crippen LogP contribution >= 0.6 is 11.6 Å². The van der Waals surface area contributed by atoms with Gasteiger partial charge in [0, 0.05) is 16.6 Å². The zero-order chi connectivity index (χ0) is 20.1. The zero-order valence-electron chi connectivity index (χ0n) is 15.4. The molecule has 0 saturated heterocycles. The molecule has 2 amide bonds. The molecular formula is C21H21ClN2O4. The number of benzene rings is 2. The molecule has 0 aromatic heterocycles. The van der Waals surface area contributed by atoms with Gasteiger partial charge in [-0.15, -0.1) is 0 Å². The molecule has 2 aromatic carbocycles. The molecule has 1 fully saturated rings. The maximum atomic E-state index is 12.4. The second-order valence-electron chi connectivity index (χ2n) is 6.72. The van der Waals surface area contributed by atoms with Crippen LogP contribution in [0.1, 0.15) is 23.5 Å². The van der Waals surface area contributed by atoms with Crippen molar-refractivity contribution >= 4 is 35.1 Å². The number of carbonyl (C=O) groups is 3. The van der Waals surface area contributed by atoms with E-state index in [0.717, 1.165) is 17.5 Å². The van der Waals surface area contributed by atoms with E-state index in [0.29, 0.717) is 10.7 Å². The quantitative estimate of drug-likeness (QED) is 0.700. The molecule has 2 unspecified atom stereocenters. The molecule has 6 nitrogen and oxygen atoms in total. The Bertz CT molecular complexity index is 865. The number of carbonyl (C=O) groups excluding carboxylic acids is 3. The summed E-state index contributed by atoms with van der Waals surface area (Å²) in [6, 6.07) is 14.7. The lowest BCUT2D eigenvalue weighted by Gasteiger charge is -2.07. The number of hydrogen-bond acceptors (Lipinski definition) is 4. The fourth-order valence-corrected chi connectivity index (χ4v) is 3.12. The summed E-state index contributed by atoms with van der Waals surface area (Å²) in [4.78, 5) is 35.2. The van der Waals surface area contributed by atoms with E-state index in [1.54, 1.807) is 24.3 Å². The molecule has 0 radical (unpaired) electrons. The fraction of sp³-hybridized carbons (Fsp3) is 0.286. The molecule has 1 aliphatic carbocycles. The number of halogens is 1. The van der Waals surface area contributed by atoms with Gasteiger partial charge in [-0.1, -0.05) is 35.9 Å². The molecule has 0 aliphatic heterocycles. The normalized spacial score (nSPS) is 17.5. The van der Waals surface area contributed by atoms with Crippen LogP contribution in [0.3, 0.4) is 0 Å². The molecule has 0 bridgehead atoms. The summed E-state index contributed by atoms with van der Waals surface area (Å²) in [6.45, 7) is -0.153. The third kappa shape index (κ3) is 5.33. The Hall–Kier alpha value is -2.86. The van der Waals surface area contributed by atoms with Crippen LogP contribution in [-0.2, 0) is 25.5 Å². The predicted molar refractivity (Wildman–Crippen MR) is 106 cm³/mol. The van der Waals surface area contributed by atoms with Crippen molar-refractivity contribution in [2.75, 3.05) is 19.0 Å². The molecular weight excluding hydrogens is 380 g/mol. The first kappa shape index (κ1) is 19.9. The van der Waals surface area contributed by atoms with Gasteiger partial charge >= 0.3 is 5.97 Å². The molecule has 0 heterocycles. The number of hydrogen-bond donors (Lipinski definition) is 2. The number of methoxy groups -OCH3 is 1. The smallest absolute Gasteiger partial charge is 0.325 e. The van der Waals surface area contributed by atoms with E-state index >= 15 is 0 Å². The third-order valence-corrected chi connectivity index (χ3v) is 4.92. The van der Waals surface area contributed by atoms with Gasteiger partial charge in [-0.2, -0.15) is 0 Å². The standard InChI is InChI=1S/C21H21ClN2O4/c1-28-20(26)12-23-19(25)10-13-2-8-16(9-3-13)24-21(27)18-11-17(18)14-4-6-15(22)7-5-14/h2-9,17-18H,10-12H2,1H3,(H,23,25)(H,24,27). The Labute approximate surface area is 168 Å². The van der Waals surface area contributed by atoms with Gasteiger partial charge in [-0.25, -0.2) is 0 Å².